The summed E-state index contributed by atoms with van der Waals surface area (Å²) >= 11 is 0. The number of rotatable bonds is 6. The minimum absolute atomic E-state index is 0.107. The Morgan fingerprint density at radius 3 is 2.20 bits per heavy atom. The first-order valence-corrected chi connectivity index (χ1v) is 10.2. The standard InChI is InChI=1S/C24H29NO5/c1-24(2,3)20-8-10-21(11-9-20)29-16-18-4-6-19(7-5-18)23(27)30-17-22(26)25-12-14-28-15-13-25/h4-11H,12-17H2,1-3H3. The van der Waals surface area contributed by atoms with Crippen molar-refractivity contribution in [2.75, 3.05) is 32.9 Å². The summed E-state index contributed by atoms with van der Waals surface area (Å²) in [4.78, 5) is 25.9. The molecule has 1 saturated heterocycles. The molecule has 0 unspecified atom stereocenters. The highest BCUT2D eigenvalue weighted by molar-refractivity contribution is 5.91. The molecule has 0 aromatic heterocycles. The van der Waals surface area contributed by atoms with Crippen LogP contribution in [0.15, 0.2) is 48.5 Å². The van der Waals surface area contributed by atoms with Gasteiger partial charge in [0.25, 0.3) is 5.91 Å². The number of nitrogens with zero attached hydrogens (tertiary/aromatic N) is 1. The Hall–Kier alpha value is -2.86. The van der Waals surface area contributed by atoms with E-state index in [1.807, 2.05) is 24.3 Å². The number of hydrogen-bond donors (Lipinski definition) is 0. The van der Waals surface area contributed by atoms with E-state index in [9.17, 15) is 9.59 Å². The summed E-state index contributed by atoms with van der Waals surface area (Å²) in [5.74, 6) is 0.0871. The summed E-state index contributed by atoms with van der Waals surface area (Å²) in [5, 5.41) is 0. The molecule has 1 amide bonds. The monoisotopic (exact) mass is 411 g/mol. The maximum absolute atomic E-state index is 12.2. The van der Waals surface area contributed by atoms with Crippen molar-refractivity contribution in [3.63, 3.8) is 0 Å². The minimum atomic E-state index is -0.512. The van der Waals surface area contributed by atoms with Gasteiger partial charge >= 0.3 is 5.97 Å². The van der Waals surface area contributed by atoms with Crippen LogP contribution in [0.25, 0.3) is 0 Å². The van der Waals surface area contributed by atoms with Gasteiger partial charge in [0, 0.05) is 13.1 Å². The van der Waals surface area contributed by atoms with Gasteiger partial charge in [-0.05, 0) is 40.8 Å². The zero-order valence-corrected chi connectivity index (χ0v) is 17.8. The average Bonchev–Trinajstić information content (AvgIpc) is 2.76. The largest absolute Gasteiger partial charge is 0.489 e. The average molecular weight is 411 g/mol. The van der Waals surface area contributed by atoms with E-state index < -0.39 is 5.97 Å². The van der Waals surface area contributed by atoms with Crippen LogP contribution < -0.4 is 4.74 Å². The third kappa shape index (κ3) is 6.07. The van der Waals surface area contributed by atoms with Crippen LogP contribution in [0.3, 0.4) is 0 Å². The molecule has 3 rings (SSSR count). The van der Waals surface area contributed by atoms with Gasteiger partial charge in [-0.1, -0.05) is 45.0 Å². The number of ether oxygens (including phenoxy) is 3. The molecule has 1 fully saturated rings. The fraction of sp³-hybridized carbons (Fsp3) is 0.417. The summed E-state index contributed by atoms with van der Waals surface area (Å²) in [6, 6.07) is 15.1. The number of carbonyl (C=O) groups excluding carboxylic acids is 2. The highest BCUT2D eigenvalue weighted by Crippen LogP contribution is 2.24. The lowest BCUT2D eigenvalue weighted by Crippen LogP contribution is -2.42. The molecule has 30 heavy (non-hydrogen) atoms. The van der Waals surface area contributed by atoms with E-state index in [4.69, 9.17) is 14.2 Å². The van der Waals surface area contributed by atoms with Crippen LogP contribution in [-0.4, -0.2) is 49.7 Å². The molecule has 0 bridgehead atoms. The van der Waals surface area contributed by atoms with Crippen LogP contribution in [0.5, 0.6) is 5.75 Å². The molecule has 2 aromatic carbocycles. The molecule has 1 heterocycles. The number of esters is 1. The first-order valence-electron chi connectivity index (χ1n) is 10.2. The van der Waals surface area contributed by atoms with Crippen molar-refractivity contribution in [2.45, 2.75) is 32.8 Å². The quantitative estimate of drug-likeness (QED) is 0.680. The Morgan fingerprint density at radius 2 is 1.60 bits per heavy atom. The van der Waals surface area contributed by atoms with E-state index >= 15 is 0 Å². The topological polar surface area (TPSA) is 65.1 Å². The predicted molar refractivity (Wildman–Crippen MR) is 114 cm³/mol. The van der Waals surface area contributed by atoms with Crippen molar-refractivity contribution in [1.29, 1.82) is 0 Å². The number of benzene rings is 2. The third-order valence-corrected chi connectivity index (χ3v) is 5.01. The van der Waals surface area contributed by atoms with Crippen molar-refractivity contribution < 1.29 is 23.8 Å². The third-order valence-electron chi connectivity index (χ3n) is 5.01. The van der Waals surface area contributed by atoms with Crippen LogP contribution in [0.2, 0.25) is 0 Å². The van der Waals surface area contributed by atoms with Gasteiger partial charge in [-0.15, -0.1) is 0 Å². The number of morpholine rings is 1. The summed E-state index contributed by atoms with van der Waals surface area (Å²) < 4.78 is 16.2. The van der Waals surface area contributed by atoms with Crippen molar-refractivity contribution in [3.05, 3.63) is 65.2 Å². The Kier molecular flexibility index (Phi) is 7.11. The summed E-state index contributed by atoms with van der Waals surface area (Å²) in [5.41, 5.74) is 2.71. The van der Waals surface area contributed by atoms with Crippen LogP contribution in [0, 0.1) is 0 Å². The maximum Gasteiger partial charge on any atom is 0.338 e. The molecule has 0 spiro atoms. The minimum Gasteiger partial charge on any atom is -0.489 e. The molecule has 0 N–H and O–H groups in total. The first-order chi connectivity index (χ1) is 14.3. The Morgan fingerprint density at radius 1 is 0.967 bits per heavy atom. The molecule has 0 atom stereocenters. The maximum atomic E-state index is 12.2. The summed E-state index contributed by atoms with van der Waals surface area (Å²) in [7, 11) is 0. The molecule has 1 aliphatic rings. The fourth-order valence-electron chi connectivity index (χ4n) is 3.07. The van der Waals surface area contributed by atoms with Crippen molar-refractivity contribution in [2.24, 2.45) is 0 Å². The SMILES string of the molecule is CC(C)(C)c1ccc(OCc2ccc(C(=O)OCC(=O)N3CCOCC3)cc2)cc1. The van der Waals surface area contributed by atoms with E-state index in [1.165, 1.54) is 5.56 Å². The van der Waals surface area contributed by atoms with E-state index in [2.05, 4.69) is 32.9 Å². The van der Waals surface area contributed by atoms with Gasteiger partial charge in [0.1, 0.15) is 12.4 Å². The molecule has 2 aromatic rings. The van der Waals surface area contributed by atoms with Gasteiger partial charge < -0.3 is 19.1 Å². The molecule has 1 aliphatic heterocycles. The Labute approximate surface area is 177 Å². The molecule has 160 valence electrons. The summed E-state index contributed by atoms with van der Waals surface area (Å²) in [6.07, 6.45) is 0. The van der Waals surface area contributed by atoms with Gasteiger partial charge in [0.05, 0.1) is 18.8 Å². The van der Waals surface area contributed by atoms with Gasteiger partial charge in [0.15, 0.2) is 6.61 Å². The van der Waals surface area contributed by atoms with E-state index in [-0.39, 0.29) is 17.9 Å². The Balaban J connectivity index is 1.47. The zero-order chi connectivity index (χ0) is 21.6. The number of hydrogen-bond acceptors (Lipinski definition) is 5. The van der Waals surface area contributed by atoms with Crippen LogP contribution in [0.4, 0.5) is 0 Å². The highest BCUT2D eigenvalue weighted by atomic mass is 16.5. The van der Waals surface area contributed by atoms with Gasteiger partial charge in [-0.2, -0.15) is 0 Å². The molecular formula is C24H29NO5. The molecule has 0 saturated carbocycles. The second-order valence-electron chi connectivity index (χ2n) is 8.33. The Bertz CT molecular complexity index is 847. The lowest BCUT2D eigenvalue weighted by molar-refractivity contribution is -0.138. The van der Waals surface area contributed by atoms with Crippen LogP contribution in [-0.2, 0) is 26.3 Å². The smallest absolute Gasteiger partial charge is 0.338 e. The molecule has 0 aliphatic carbocycles. The lowest BCUT2D eigenvalue weighted by atomic mass is 9.87. The summed E-state index contributed by atoms with van der Waals surface area (Å²) in [6.45, 7) is 8.77. The normalized spacial score (nSPS) is 14.3. The van der Waals surface area contributed by atoms with Gasteiger partial charge in [0.2, 0.25) is 0 Å². The molecule has 6 nitrogen and oxygen atoms in total. The van der Waals surface area contributed by atoms with Crippen LogP contribution in [0.1, 0.15) is 42.3 Å². The number of amides is 1. The predicted octanol–water partition coefficient (Wildman–Crippen LogP) is 3.58. The second kappa shape index (κ2) is 9.76. The zero-order valence-electron chi connectivity index (χ0n) is 17.8. The highest BCUT2D eigenvalue weighted by Gasteiger charge is 2.19. The fourth-order valence-corrected chi connectivity index (χ4v) is 3.07. The molecule has 0 radical (unpaired) electrons. The molecule has 6 heteroatoms. The van der Waals surface area contributed by atoms with Crippen LogP contribution >= 0.6 is 0 Å². The molecular weight excluding hydrogens is 382 g/mol. The second-order valence-corrected chi connectivity index (χ2v) is 8.33. The van der Waals surface area contributed by atoms with Gasteiger partial charge in [-0.25, -0.2) is 4.79 Å². The number of carbonyl (C=O) groups is 2. The lowest BCUT2D eigenvalue weighted by Gasteiger charge is -2.26. The van der Waals surface area contributed by atoms with Crippen molar-refractivity contribution in [1.82, 2.24) is 4.90 Å². The van der Waals surface area contributed by atoms with Crippen molar-refractivity contribution >= 4 is 11.9 Å². The van der Waals surface area contributed by atoms with E-state index in [1.54, 1.807) is 17.0 Å². The van der Waals surface area contributed by atoms with Gasteiger partial charge in [-0.3, -0.25) is 4.79 Å². The van der Waals surface area contributed by atoms with E-state index in [0.29, 0.717) is 38.5 Å². The van der Waals surface area contributed by atoms with E-state index in [0.717, 1.165) is 11.3 Å². The van der Waals surface area contributed by atoms with Crippen molar-refractivity contribution in [3.8, 4) is 5.75 Å². The first kappa shape index (κ1) is 21.8.